The van der Waals surface area contributed by atoms with Gasteiger partial charge in [0.1, 0.15) is 0 Å². The fourth-order valence-electron chi connectivity index (χ4n) is 1.03. The van der Waals surface area contributed by atoms with Crippen molar-refractivity contribution in [2.45, 2.75) is 18.6 Å². The van der Waals surface area contributed by atoms with E-state index in [4.69, 9.17) is 0 Å². The summed E-state index contributed by atoms with van der Waals surface area (Å²) in [5.41, 5.74) is 0. The van der Waals surface area contributed by atoms with Crippen molar-refractivity contribution in [2.75, 3.05) is 11.6 Å². The van der Waals surface area contributed by atoms with E-state index < -0.39 is 0 Å². The van der Waals surface area contributed by atoms with Gasteiger partial charge in [0.25, 0.3) is 0 Å². The summed E-state index contributed by atoms with van der Waals surface area (Å²) >= 11 is 1.54. The molecule has 1 atom stereocenters. The molecule has 0 aliphatic carbocycles. The molecule has 0 bridgehead atoms. The SMILES string of the molecule is CCC(SC)C(=O)Nc1cnccn1. The standard InChI is InChI=1S/C9H13N3OS/c1-3-7(14-2)9(13)12-8-6-10-4-5-11-8/h4-7H,3H2,1-2H3,(H,11,12,13). The number of nitrogens with one attached hydrogen (secondary N) is 1. The Hall–Kier alpha value is -1.10. The molecular weight excluding hydrogens is 198 g/mol. The van der Waals surface area contributed by atoms with Gasteiger partial charge in [-0.15, -0.1) is 0 Å². The lowest BCUT2D eigenvalue weighted by molar-refractivity contribution is -0.115. The van der Waals surface area contributed by atoms with E-state index in [9.17, 15) is 4.79 Å². The van der Waals surface area contributed by atoms with Crippen LogP contribution < -0.4 is 5.32 Å². The first kappa shape index (κ1) is 11.0. The van der Waals surface area contributed by atoms with E-state index in [1.165, 1.54) is 18.0 Å². The molecule has 0 spiro atoms. The van der Waals surface area contributed by atoms with Crippen LogP contribution in [0.15, 0.2) is 18.6 Å². The maximum absolute atomic E-state index is 11.6. The molecule has 0 radical (unpaired) electrons. The molecule has 1 aromatic rings. The molecule has 1 rings (SSSR count). The van der Waals surface area contributed by atoms with Crippen LogP contribution in [0.25, 0.3) is 0 Å². The van der Waals surface area contributed by atoms with Gasteiger partial charge in [0.05, 0.1) is 11.4 Å². The van der Waals surface area contributed by atoms with Gasteiger partial charge in [-0.05, 0) is 12.7 Å². The summed E-state index contributed by atoms with van der Waals surface area (Å²) in [4.78, 5) is 19.4. The Labute approximate surface area is 87.5 Å². The number of hydrogen-bond donors (Lipinski definition) is 1. The highest BCUT2D eigenvalue weighted by Gasteiger charge is 2.14. The quantitative estimate of drug-likeness (QED) is 0.821. The lowest BCUT2D eigenvalue weighted by Gasteiger charge is -2.10. The van der Waals surface area contributed by atoms with Crippen LogP contribution in [0, 0.1) is 0 Å². The first-order valence-corrected chi connectivity index (χ1v) is 5.66. The molecule has 0 fully saturated rings. The van der Waals surface area contributed by atoms with E-state index >= 15 is 0 Å². The van der Waals surface area contributed by atoms with Crippen LogP contribution in [0.2, 0.25) is 0 Å². The predicted octanol–water partition coefficient (Wildman–Crippen LogP) is 1.56. The van der Waals surface area contributed by atoms with Crippen molar-refractivity contribution in [1.82, 2.24) is 9.97 Å². The summed E-state index contributed by atoms with van der Waals surface area (Å²) in [7, 11) is 0. The number of carbonyl (C=O) groups is 1. The van der Waals surface area contributed by atoms with E-state index in [2.05, 4.69) is 15.3 Å². The van der Waals surface area contributed by atoms with Crippen LogP contribution in [0.3, 0.4) is 0 Å². The zero-order chi connectivity index (χ0) is 10.4. The third kappa shape index (κ3) is 2.99. The van der Waals surface area contributed by atoms with Gasteiger partial charge in [0, 0.05) is 12.4 Å². The Morgan fingerprint density at radius 3 is 2.93 bits per heavy atom. The average Bonchev–Trinajstić information content (AvgIpc) is 2.21. The number of aromatic nitrogens is 2. The first-order chi connectivity index (χ1) is 6.77. The highest BCUT2D eigenvalue weighted by atomic mass is 32.2. The van der Waals surface area contributed by atoms with Crippen LogP contribution in [-0.4, -0.2) is 27.4 Å². The van der Waals surface area contributed by atoms with Gasteiger partial charge in [0.2, 0.25) is 5.91 Å². The summed E-state index contributed by atoms with van der Waals surface area (Å²) in [6.45, 7) is 1.98. The van der Waals surface area contributed by atoms with Gasteiger partial charge in [0.15, 0.2) is 5.82 Å². The third-order valence-corrected chi connectivity index (χ3v) is 2.88. The van der Waals surface area contributed by atoms with Gasteiger partial charge in [-0.25, -0.2) is 4.98 Å². The molecule has 14 heavy (non-hydrogen) atoms. The van der Waals surface area contributed by atoms with Gasteiger partial charge in [-0.3, -0.25) is 9.78 Å². The molecule has 5 heteroatoms. The topological polar surface area (TPSA) is 54.9 Å². The van der Waals surface area contributed by atoms with Crippen LogP contribution in [0.4, 0.5) is 5.82 Å². The van der Waals surface area contributed by atoms with E-state index in [0.29, 0.717) is 5.82 Å². The highest BCUT2D eigenvalue weighted by molar-refractivity contribution is 7.99. The smallest absolute Gasteiger partial charge is 0.238 e. The van der Waals surface area contributed by atoms with Crippen molar-refractivity contribution in [3.63, 3.8) is 0 Å². The van der Waals surface area contributed by atoms with Gasteiger partial charge < -0.3 is 5.32 Å². The minimum Gasteiger partial charge on any atom is -0.308 e. The maximum Gasteiger partial charge on any atom is 0.238 e. The predicted molar refractivity (Wildman–Crippen MR) is 58.3 cm³/mol. The Kier molecular flexibility index (Phi) is 4.39. The molecule has 0 aliphatic heterocycles. The number of nitrogens with zero attached hydrogens (tertiary/aromatic N) is 2. The Bertz CT molecular complexity index is 287. The van der Waals surface area contributed by atoms with Crippen molar-refractivity contribution < 1.29 is 4.79 Å². The normalized spacial score (nSPS) is 12.1. The number of anilines is 1. The number of thioether (sulfide) groups is 1. The van der Waals surface area contributed by atoms with E-state index in [-0.39, 0.29) is 11.2 Å². The van der Waals surface area contributed by atoms with Crippen molar-refractivity contribution in [1.29, 1.82) is 0 Å². The maximum atomic E-state index is 11.6. The van der Waals surface area contributed by atoms with Gasteiger partial charge in [-0.1, -0.05) is 6.92 Å². The second kappa shape index (κ2) is 5.59. The zero-order valence-electron chi connectivity index (χ0n) is 8.23. The molecule has 1 heterocycles. The van der Waals surface area contributed by atoms with Gasteiger partial charge >= 0.3 is 0 Å². The molecule has 0 saturated carbocycles. The molecule has 76 valence electrons. The number of hydrogen-bond acceptors (Lipinski definition) is 4. The average molecular weight is 211 g/mol. The van der Waals surface area contributed by atoms with Crippen LogP contribution in [0.1, 0.15) is 13.3 Å². The van der Waals surface area contributed by atoms with E-state index in [0.717, 1.165) is 6.42 Å². The number of carbonyl (C=O) groups excluding carboxylic acids is 1. The second-order valence-electron chi connectivity index (χ2n) is 2.71. The van der Waals surface area contributed by atoms with Crippen molar-refractivity contribution >= 4 is 23.5 Å². The number of amides is 1. The van der Waals surface area contributed by atoms with Crippen molar-refractivity contribution in [2.24, 2.45) is 0 Å². The lowest BCUT2D eigenvalue weighted by atomic mass is 10.3. The molecular formula is C9H13N3OS. The summed E-state index contributed by atoms with van der Waals surface area (Å²) < 4.78 is 0. The Morgan fingerprint density at radius 1 is 1.64 bits per heavy atom. The monoisotopic (exact) mass is 211 g/mol. The van der Waals surface area contributed by atoms with Crippen LogP contribution in [-0.2, 0) is 4.79 Å². The minimum absolute atomic E-state index is 0.0134. The van der Waals surface area contributed by atoms with Crippen LogP contribution in [0.5, 0.6) is 0 Å². The lowest BCUT2D eigenvalue weighted by Crippen LogP contribution is -2.24. The highest BCUT2D eigenvalue weighted by Crippen LogP contribution is 2.12. The van der Waals surface area contributed by atoms with Crippen LogP contribution >= 0.6 is 11.8 Å². The van der Waals surface area contributed by atoms with E-state index in [1.54, 1.807) is 12.4 Å². The molecule has 0 saturated heterocycles. The molecule has 1 N–H and O–H groups in total. The molecule has 1 unspecified atom stereocenters. The molecule has 0 aliphatic rings. The zero-order valence-corrected chi connectivity index (χ0v) is 9.04. The third-order valence-electron chi connectivity index (χ3n) is 1.76. The summed E-state index contributed by atoms with van der Waals surface area (Å²) in [5.74, 6) is 0.491. The first-order valence-electron chi connectivity index (χ1n) is 4.37. The minimum atomic E-state index is -0.0167. The fraction of sp³-hybridized carbons (Fsp3) is 0.444. The number of rotatable bonds is 4. The molecule has 1 aromatic heterocycles. The molecule has 0 aromatic carbocycles. The Balaban J connectivity index is 2.57. The Morgan fingerprint density at radius 2 is 2.43 bits per heavy atom. The summed E-state index contributed by atoms with van der Waals surface area (Å²) in [6, 6.07) is 0. The van der Waals surface area contributed by atoms with E-state index in [1.807, 2.05) is 13.2 Å². The largest absolute Gasteiger partial charge is 0.308 e. The summed E-state index contributed by atoms with van der Waals surface area (Å²) in [5, 5.41) is 2.69. The molecule has 1 amide bonds. The van der Waals surface area contributed by atoms with Gasteiger partial charge in [-0.2, -0.15) is 11.8 Å². The molecule has 4 nitrogen and oxygen atoms in total. The fourth-order valence-corrected chi connectivity index (χ4v) is 1.64. The van der Waals surface area contributed by atoms with Crippen molar-refractivity contribution in [3.8, 4) is 0 Å². The second-order valence-corrected chi connectivity index (χ2v) is 3.75. The van der Waals surface area contributed by atoms with Crippen molar-refractivity contribution in [3.05, 3.63) is 18.6 Å². The summed E-state index contributed by atoms with van der Waals surface area (Å²) in [6.07, 6.45) is 7.39.